The molecule has 0 spiro atoms. The Morgan fingerprint density at radius 2 is 2.08 bits per heavy atom. The first-order valence-corrected chi connectivity index (χ1v) is 8.62. The molecule has 138 valence electrons. The van der Waals surface area contributed by atoms with E-state index in [2.05, 4.69) is 22.3 Å². The van der Waals surface area contributed by atoms with Crippen LogP contribution in [0.5, 0.6) is 0 Å². The van der Waals surface area contributed by atoms with E-state index in [-0.39, 0.29) is 41.4 Å². The zero-order chi connectivity index (χ0) is 19.3. The monoisotopic (exact) mass is 396 g/mol. The van der Waals surface area contributed by atoms with Crippen LogP contribution in [-0.4, -0.2) is 30.1 Å². The number of nitrogens with zero attached hydrogens (tertiary/aromatic N) is 2. The molecule has 0 saturated heterocycles. The maximum absolute atomic E-state index is 12.1. The van der Waals surface area contributed by atoms with Crippen molar-refractivity contribution in [1.29, 1.82) is 0 Å². The normalized spacial score (nSPS) is 13.4. The summed E-state index contributed by atoms with van der Waals surface area (Å²) in [6.45, 7) is 5.49. The predicted molar refractivity (Wildman–Crippen MR) is 101 cm³/mol. The number of anilines is 1. The van der Waals surface area contributed by atoms with E-state index in [1.165, 1.54) is 6.07 Å². The summed E-state index contributed by atoms with van der Waals surface area (Å²) in [7, 11) is 0. The maximum atomic E-state index is 12.1. The average molecular weight is 397 g/mol. The molecule has 0 atom stereocenters. The Morgan fingerprint density at radius 3 is 2.73 bits per heavy atom. The molecule has 2 N–H and O–H groups in total. The molecule has 0 aliphatic carbocycles. The van der Waals surface area contributed by atoms with Crippen LogP contribution in [0, 0.1) is 0 Å². The molecule has 1 aliphatic rings. The molecule has 1 aliphatic heterocycles. The Morgan fingerprint density at radius 1 is 1.35 bits per heavy atom. The van der Waals surface area contributed by atoms with Crippen molar-refractivity contribution in [3.8, 4) is 0 Å². The largest absolute Gasteiger partial charge is 0.352 e. The zero-order valence-electron chi connectivity index (χ0n) is 14.1. The lowest BCUT2D eigenvalue weighted by atomic mass is 10.2. The first-order valence-electron chi connectivity index (χ1n) is 7.87. The third-order valence-corrected chi connectivity index (χ3v) is 3.99. The summed E-state index contributed by atoms with van der Waals surface area (Å²) < 4.78 is 0. The molecule has 26 heavy (non-hydrogen) atoms. The molecule has 0 bridgehead atoms. The Labute approximate surface area is 161 Å². The van der Waals surface area contributed by atoms with Gasteiger partial charge in [0.1, 0.15) is 5.84 Å². The van der Waals surface area contributed by atoms with Crippen LogP contribution in [-0.2, 0) is 14.4 Å². The van der Waals surface area contributed by atoms with Gasteiger partial charge in [-0.25, -0.2) is 0 Å². The highest BCUT2D eigenvalue weighted by molar-refractivity contribution is 6.37. The van der Waals surface area contributed by atoms with Gasteiger partial charge in [-0.15, -0.1) is 0 Å². The third-order valence-electron chi connectivity index (χ3n) is 3.45. The van der Waals surface area contributed by atoms with Crippen molar-refractivity contribution in [3.05, 3.63) is 40.4 Å². The van der Waals surface area contributed by atoms with E-state index < -0.39 is 0 Å². The number of amidine groups is 1. The first-order chi connectivity index (χ1) is 12.3. The van der Waals surface area contributed by atoms with Gasteiger partial charge in [0.05, 0.1) is 17.1 Å². The maximum Gasteiger partial charge on any atom is 0.255 e. The first kappa shape index (κ1) is 19.9. The molecule has 3 amide bonds. The van der Waals surface area contributed by atoms with E-state index in [0.29, 0.717) is 29.2 Å². The van der Waals surface area contributed by atoms with Crippen LogP contribution in [0.4, 0.5) is 5.69 Å². The molecular weight excluding hydrogens is 379 g/mol. The van der Waals surface area contributed by atoms with E-state index in [4.69, 9.17) is 23.2 Å². The van der Waals surface area contributed by atoms with Crippen LogP contribution in [0.15, 0.2) is 35.5 Å². The van der Waals surface area contributed by atoms with Gasteiger partial charge in [-0.2, -0.15) is 10.1 Å². The molecule has 0 radical (unpaired) electrons. The van der Waals surface area contributed by atoms with Gasteiger partial charge in [0.25, 0.3) is 5.91 Å². The molecule has 0 saturated carbocycles. The highest BCUT2D eigenvalue weighted by Gasteiger charge is 2.27. The zero-order valence-corrected chi connectivity index (χ0v) is 15.7. The van der Waals surface area contributed by atoms with E-state index in [1.807, 2.05) is 0 Å². The predicted octanol–water partition coefficient (Wildman–Crippen LogP) is 2.63. The van der Waals surface area contributed by atoms with Gasteiger partial charge in [-0.05, 0) is 31.5 Å². The summed E-state index contributed by atoms with van der Waals surface area (Å²) >= 11 is 11.9. The second-order valence-corrected chi connectivity index (χ2v) is 6.56. The van der Waals surface area contributed by atoms with Crippen LogP contribution in [0.25, 0.3) is 0 Å². The number of rotatable bonds is 6. The van der Waals surface area contributed by atoms with Crippen molar-refractivity contribution in [1.82, 2.24) is 10.6 Å². The van der Waals surface area contributed by atoms with Gasteiger partial charge in [0.15, 0.2) is 0 Å². The fraction of sp³-hybridized carbons (Fsp3) is 0.294. The summed E-state index contributed by atoms with van der Waals surface area (Å²) in [6.07, 6.45) is 0.612. The molecule has 0 unspecified atom stereocenters. The topological polar surface area (TPSA) is 90.9 Å². The number of carbonyl (C=O) groups is 3. The Bertz CT molecular complexity index is 792. The van der Waals surface area contributed by atoms with Crippen LogP contribution in [0.3, 0.4) is 0 Å². The fourth-order valence-corrected chi connectivity index (χ4v) is 2.65. The smallest absolute Gasteiger partial charge is 0.255 e. The highest BCUT2D eigenvalue weighted by Crippen LogP contribution is 2.31. The van der Waals surface area contributed by atoms with Crippen molar-refractivity contribution in [2.45, 2.75) is 26.2 Å². The molecule has 7 nitrogen and oxygen atoms in total. The minimum absolute atomic E-state index is 0.0307. The van der Waals surface area contributed by atoms with E-state index in [9.17, 15) is 14.4 Å². The van der Waals surface area contributed by atoms with Crippen molar-refractivity contribution >= 4 is 52.4 Å². The number of carbonyl (C=O) groups excluding carboxylic acids is 3. The molecule has 1 aromatic carbocycles. The second kappa shape index (κ2) is 8.82. The number of hydrogen-bond acceptors (Lipinski definition) is 4. The van der Waals surface area contributed by atoms with Crippen molar-refractivity contribution < 1.29 is 14.4 Å². The quantitative estimate of drug-likeness (QED) is 0.571. The van der Waals surface area contributed by atoms with Crippen LogP contribution in [0.2, 0.25) is 10.0 Å². The van der Waals surface area contributed by atoms with Gasteiger partial charge in [-0.3, -0.25) is 14.4 Å². The summed E-state index contributed by atoms with van der Waals surface area (Å²) in [5.41, 5.74) is 0.807. The van der Waals surface area contributed by atoms with Crippen LogP contribution in [0.1, 0.15) is 26.2 Å². The lowest BCUT2D eigenvalue weighted by molar-refractivity contribution is -0.120. The van der Waals surface area contributed by atoms with Gasteiger partial charge in [-0.1, -0.05) is 29.8 Å². The SMILES string of the molecule is C=C(C)C(=O)NCCCC(=O)NC1=NN(c2ccc(Cl)cc2Cl)C(=O)C1. The molecular formula is C17H18Cl2N4O3. The summed E-state index contributed by atoms with van der Waals surface area (Å²) in [6, 6.07) is 4.69. The molecule has 1 heterocycles. The van der Waals surface area contributed by atoms with Crippen LogP contribution < -0.4 is 15.6 Å². The fourth-order valence-electron chi connectivity index (χ4n) is 2.17. The Kier molecular flexibility index (Phi) is 6.76. The Balaban J connectivity index is 1.87. The van der Waals surface area contributed by atoms with E-state index in [0.717, 1.165) is 5.01 Å². The van der Waals surface area contributed by atoms with E-state index in [1.54, 1.807) is 19.1 Å². The summed E-state index contributed by atoms with van der Waals surface area (Å²) in [4.78, 5) is 35.4. The van der Waals surface area contributed by atoms with Crippen LogP contribution >= 0.6 is 23.2 Å². The third kappa shape index (κ3) is 5.31. The number of benzene rings is 1. The number of hydrazone groups is 1. The number of hydrogen-bond donors (Lipinski definition) is 2. The van der Waals surface area contributed by atoms with Gasteiger partial charge in [0, 0.05) is 23.6 Å². The molecule has 0 fully saturated rings. The second-order valence-electron chi connectivity index (χ2n) is 5.71. The number of amides is 3. The van der Waals surface area contributed by atoms with Gasteiger partial charge < -0.3 is 10.6 Å². The Hall–Kier alpha value is -2.38. The standard InChI is InChI=1S/C17H18Cl2N4O3/c1-10(2)17(26)20-7-3-4-15(24)21-14-9-16(25)23(22-14)13-6-5-11(18)8-12(13)19/h5-6,8H,1,3-4,7,9H2,2H3,(H,20,26)(H,21,22,24). The van der Waals surface area contributed by atoms with Gasteiger partial charge in [0.2, 0.25) is 11.8 Å². The highest BCUT2D eigenvalue weighted by atomic mass is 35.5. The van der Waals surface area contributed by atoms with Crippen molar-refractivity contribution in [2.75, 3.05) is 11.6 Å². The number of nitrogens with one attached hydrogen (secondary N) is 2. The minimum Gasteiger partial charge on any atom is -0.352 e. The molecule has 1 aromatic rings. The minimum atomic E-state index is -0.307. The average Bonchev–Trinajstić information content (AvgIpc) is 2.91. The number of halogens is 2. The lowest BCUT2D eigenvalue weighted by Crippen LogP contribution is -2.31. The van der Waals surface area contributed by atoms with Crippen molar-refractivity contribution in [3.63, 3.8) is 0 Å². The summed E-state index contributed by atoms with van der Waals surface area (Å²) in [5, 5.41) is 11.2. The van der Waals surface area contributed by atoms with Crippen molar-refractivity contribution in [2.24, 2.45) is 5.10 Å². The van der Waals surface area contributed by atoms with Gasteiger partial charge >= 0.3 is 0 Å². The van der Waals surface area contributed by atoms with E-state index >= 15 is 0 Å². The molecule has 2 rings (SSSR count). The lowest BCUT2D eigenvalue weighted by Gasteiger charge is -2.13. The molecule has 9 heteroatoms. The molecule has 0 aromatic heterocycles. The summed E-state index contributed by atoms with van der Waals surface area (Å²) in [5.74, 6) is -0.591.